The van der Waals surface area contributed by atoms with Gasteiger partial charge in [-0.25, -0.2) is 14.6 Å². The highest BCUT2D eigenvalue weighted by Gasteiger charge is 2.37. The smallest absolute Gasteiger partial charge is 0.328 e. The maximum atomic E-state index is 13.1. The lowest BCUT2D eigenvalue weighted by Gasteiger charge is -2.36. The van der Waals surface area contributed by atoms with Crippen molar-refractivity contribution in [2.24, 2.45) is 5.92 Å². The van der Waals surface area contributed by atoms with Crippen LogP contribution in [0.5, 0.6) is 0 Å². The molecule has 0 bridgehead atoms. The summed E-state index contributed by atoms with van der Waals surface area (Å²) in [6.45, 7) is 4.12. The van der Waals surface area contributed by atoms with Crippen LogP contribution in [0.3, 0.4) is 0 Å². The summed E-state index contributed by atoms with van der Waals surface area (Å²) in [6, 6.07) is 3.63. The van der Waals surface area contributed by atoms with Crippen LogP contribution in [0, 0.1) is 5.92 Å². The number of imidazole rings is 1. The van der Waals surface area contributed by atoms with Crippen molar-refractivity contribution in [3.8, 4) is 0 Å². The third-order valence-electron chi connectivity index (χ3n) is 4.86. The van der Waals surface area contributed by atoms with Crippen molar-refractivity contribution in [1.29, 1.82) is 0 Å². The van der Waals surface area contributed by atoms with Crippen LogP contribution in [0.2, 0.25) is 10.0 Å². The molecule has 1 aliphatic heterocycles. The molecule has 3 rings (SSSR count). The second kappa shape index (κ2) is 8.41. The number of esters is 1. The summed E-state index contributed by atoms with van der Waals surface area (Å²) in [5.74, 6) is -0.617. The number of fused-ring (bicyclic) bond motifs is 1. The van der Waals surface area contributed by atoms with Gasteiger partial charge < -0.3 is 19.9 Å². The molecule has 2 amide bonds. The first-order valence-electron chi connectivity index (χ1n) is 8.96. The van der Waals surface area contributed by atoms with Crippen LogP contribution in [0.25, 0.3) is 0 Å². The lowest BCUT2D eigenvalue weighted by molar-refractivity contribution is -0.144. The first kappa shape index (κ1) is 20.5. The molecule has 0 fully saturated rings. The minimum absolute atomic E-state index is 0.129. The van der Waals surface area contributed by atoms with Crippen LogP contribution >= 0.6 is 23.2 Å². The van der Waals surface area contributed by atoms with Crippen LogP contribution in [0.1, 0.15) is 36.8 Å². The largest absolute Gasteiger partial charge is 0.467 e. The van der Waals surface area contributed by atoms with Crippen molar-refractivity contribution in [3.05, 3.63) is 51.5 Å². The quantitative estimate of drug-likeness (QED) is 0.734. The Bertz CT molecular complexity index is 884. The molecule has 2 aromatic rings. The number of urea groups is 1. The number of aromatic nitrogens is 2. The van der Waals surface area contributed by atoms with Gasteiger partial charge in [0.25, 0.3) is 0 Å². The summed E-state index contributed by atoms with van der Waals surface area (Å²) in [5, 5.41) is 3.56. The Morgan fingerprint density at radius 1 is 1.36 bits per heavy atom. The zero-order valence-electron chi connectivity index (χ0n) is 15.8. The maximum absolute atomic E-state index is 13.1. The zero-order valence-corrected chi connectivity index (χ0v) is 17.3. The van der Waals surface area contributed by atoms with E-state index in [4.69, 9.17) is 27.9 Å². The summed E-state index contributed by atoms with van der Waals surface area (Å²) in [4.78, 5) is 34.4. The molecule has 0 aliphatic carbocycles. The topological polar surface area (TPSA) is 87.3 Å². The fraction of sp³-hybridized carbons (Fsp3) is 0.421. The van der Waals surface area contributed by atoms with E-state index < -0.39 is 24.1 Å². The highest BCUT2D eigenvalue weighted by atomic mass is 35.5. The molecule has 9 heteroatoms. The van der Waals surface area contributed by atoms with Gasteiger partial charge in [0.2, 0.25) is 0 Å². The first-order chi connectivity index (χ1) is 13.3. The Balaban J connectivity index is 1.98. The monoisotopic (exact) mass is 424 g/mol. The molecule has 0 saturated carbocycles. The average Bonchev–Trinajstić information content (AvgIpc) is 3.15. The van der Waals surface area contributed by atoms with Crippen LogP contribution in [0.4, 0.5) is 4.79 Å². The Morgan fingerprint density at radius 2 is 2.11 bits per heavy atom. The Labute approximate surface area is 173 Å². The van der Waals surface area contributed by atoms with Gasteiger partial charge in [-0.3, -0.25) is 0 Å². The predicted octanol–water partition coefficient (Wildman–Crippen LogP) is 3.57. The third-order valence-corrected chi connectivity index (χ3v) is 5.70. The summed E-state index contributed by atoms with van der Waals surface area (Å²) in [7, 11) is 1.30. The fourth-order valence-corrected chi connectivity index (χ4v) is 3.79. The van der Waals surface area contributed by atoms with Gasteiger partial charge >= 0.3 is 12.0 Å². The highest BCUT2D eigenvalue weighted by molar-refractivity contribution is 6.42. The van der Waals surface area contributed by atoms with Crippen molar-refractivity contribution < 1.29 is 14.3 Å². The molecule has 0 unspecified atom stereocenters. The number of hydrogen-bond donors (Lipinski definition) is 2. The van der Waals surface area contributed by atoms with Crippen molar-refractivity contribution in [2.45, 2.75) is 32.4 Å². The summed E-state index contributed by atoms with van der Waals surface area (Å²) in [5.41, 5.74) is 2.33. The van der Waals surface area contributed by atoms with E-state index in [1.807, 2.05) is 19.9 Å². The molecule has 7 nitrogen and oxygen atoms in total. The molecular formula is C19H22Cl2N4O3. The summed E-state index contributed by atoms with van der Waals surface area (Å²) < 4.78 is 4.82. The highest BCUT2D eigenvalue weighted by Crippen LogP contribution is 2.39. The standard InChI is InChI=1S/C19H22Cl2N4O3/c1-10(2)15(18(26)28-3)24-19(27)25-8-7-13-16(23-9-22-13)17(25)11-5-4-6-12(20)14(11)21/h4-6,9-10,15,17H,7-8H2,1-3H3,(H,22,23)(H,24,27)/t15-,17+/m1/s1. The Hall–Kier alpha value is -2.25. The van der Waals surface area contributed by atoms with Crippen molar-refractivity contribution in [3.63, 3.8) is 0 Å². The molecule has 0 saturated heterocycles. The predicted molar refractivity (Wildman–Crippen MR) is 106 cm³/mol. The number of nitrogens with zero attached hydrogens (tertiary/aromatic N) is 2. The molecule has 0 spiro atoms. The summed E-state index contributed by atoms with van der Waals surface area (Å²) in [6.07, 6.45) is 2.21. The van der Waals surface area contributed by atoms with E-state index in [1.54, 1.807) is 23.4 Å². The maximum Gasteiger partial charge on any atom is 0.328 e. The van der Waals surface area contributed by atoms with Crippen LogP contribution < -0.4 is 5.32 Å². The van der Waals surface area contributed by atoms with Crippen molar-refractivity contribution >= 4 is 35.2 Å². The number of amides is 2. The number of H-pyrrole nitrogens is 1. The first-order valence-corrected chi connectivity index (χ1v) is 9.71. The molecule has 150 valence electrons. The SMILES string of the molecule is COC(=O)[C@H](NC(=O)N1CCc2[nH]cnc2[C@@H]1c1cccc(Cl)c1Cl)C(C)C. The Morgan fingerprint density at radius 3 is 2.79 bits per heavy atom. The van der Waals surface area contributed by atoms with E-state index in [9.17, 15) is 9.59 Å². The number of rotatable bonds is 4. The van der Waals surface area contributed by atoms with E-state index in [2.05, 4.69) is 15.3 Å². The zero-order chi connectivity index (χ0) is 20.4. The normalized spacial score (nSPS) is 17.2. The minimum Gasteiger partial charge on any atom is -0.467 e. The number of aromatic amines is 1. The van der Waals surface area contributed by atoms with Gasteiger partial charge in [-0.15, -0.1) is 0 Å². The van der Waals surface area contributed by atoms with Crippen molar-refractivity contribution in [1.82, 2.24) is 20.2 Å². The second-order valence-corrected chi connectivity index (χ2v) is 7.73. The number of carbonyl (C=O) groups is 2. The molecule has 2 heterocycles. The molecule has 1 aromatic carbocycles. The van der Waals surface area contributed by atoms with E-state index in [1.165, 1.54) is 7.11 Å². The summed E-state index contributed by atoms with van der Waals surface area (Å²) >= 11 is 12.7. The molecule has 1 aromatic heterocycles. The van der Waals surface area contributed by atoms with Crippen molar-refractivity contribution in [2.75, 3.05) is 13.7 Å². The molecule has 2 atom stereocenters. The Kier molecular flexibility index (Phi) is 6.15. The fourth-order valence-electron chi connectivity index (χ4n) is 3.38. The lowest BCUT2D eigenvalue weighted by Crippen LogP contribution is -2.53. The average molecular weight is 425 g/mol. The molecule has 2 N–H and O–H groups in total. The number of methoxy groups -OCH3 is 1. The number of ether oxygens (including phenoxy) is 1. The molecule has 0 radical (unpaired) electrons. The second-order valence-electron chi connectivity index (χ2n) is 6.95. The number of halogens is 2. The number of nitrogens with one attached hydrogen (secondary N) is 2. The van der Waals surface area contributed by atoms with Gasteiger partial charge in [-0.2, -0.15) is 0 Å². The van der Waals surface area contributed by atoms with E-state index in [0.29, 0.717) is 34.3 Å². The lowest BCUT2D eigenvalue weighted by atomic mass is 9.95. The number of carbonyl (C=O) groups excluding carboxylic acids is 2. The minimum atomic E-state index is -0.756. The molecule has 28 heavy (non-hydrogen) atoms. The van der Waals surface area contributed by atoms with Crippen LogP contribution in [-0.2, 0) is 16.0 Å². The van der Waals surface area contributed by atoms with Crippen LogP contribution in [0.15, 0.2) is 24.5 Å². The number of hydrogen-bond acceptors (Lipinski definition) is 4. The number of benzene rings is 1. The van der Waals surface area contributed by atoms with E-state index in [0.717, 1.165) is 5.69 Å². The van der Waals surface area contributed by atoms with E-state index >= 15 is 0 Å². The van der Waals surface area contributed by atoms with E-state index in [-0.39, 0.29) is 5.92 Å². The molecule has 1 aliphatic rings. The van der Waals surface area contributed by atoms with Gasteiger partial charge in [0.15, 0.2) is 0 Å². The van der Waals surface area contributed by atoms with Crippen LogP contribution in [-0.4, -0.2) is 46.6 Å². The van der Waals surface area contributed by atoms with Gasteiger partial charge in [-0.1, -0.05) is 49.2 Å². The van der Waals surface area contributed by atoms with Gasteiger partial charge in [-0.05, 0) is 12.0 Å². The molecular weight excluding hydrogens is 403 g/mol. The van der Waals surface area contributed by atoms with Gasteiger partial charge in [0.1, 0.15) is 12.1 Å². The van der Waals surface area contributed by atoms with Gasteiger partial charge in [0, 0.05) is 24.2 Å². The third kappa shape index (κ3) is 3.82. The van der Waals surface area contributed by atoms with Gasteiger partial charge in [0.05, 0.1) is 29.2 Å².